The summed E-state index contributed by atoms with van der Waals surface area (Å²) in [6.07, 6.45) is 0. The second kappa shape index (κ2) is 8.86. The van der Waals surface area contributed by atoms with Crippen LogP contribution in [0.2, 0.25) is 0 Å². The Morgan fingerprint density at radius 3 is 2.74 bits per heavy atom. The lowest BCUT2D eigenvalue weighted by Crippen LogP contribution is -2.83. The van der Waals surface area contributed by atoms with Crippen LogP contribution >= 0.6 is 15.9 Å². The summed E-state index contributed by atoms with van der Waals surface area (Å²) in [5, 5.41) is 10.8. The molecule has 0 aliphatic carbocycles. The van der Waals surface area contributed by atoms with E-state index in [4.69, 9.17) is 14.6 Å². The van der Waals surface area contributed by atoms with Crippen molar-refractivity contribution in [2.45, 2.75) is 13.2 Å². The molecule has 0 amide bonds. The molecule has 2 aromatic carbocycles. The Bertz CT molecular complexity index is 652. The molecule has 0 spiro atoms. The summed E-state index contributed by atoms with van der Waals surface area (Å²) in [5.41, 5.74) is 1.53. The fourth-order valence-corrected chi connectivity index (χ4v) is 2.76. The average molecular weight is 385 g/mol. The van der Waals surface area contributed by atoms with Crippen molar-refractivity contribution in [2.75, 3.05) is 20.3 Å². The van der Waals surface area contributed by atoms with Crippen LogP contribution in [0, 0.1) is 5.82 Å². The number of nitrogens with two attached hydrogens (primary N) is 1. The molecule has 23 heavy (non-hydrogen) atoms. The van der Waals surface area contributed by atoms with Crippen molar-refractivity contribution in [2.24, 2.45) is 0 Å². The zero-order valence-electron chi connectivity index (χ0n) is 12.9. The van der Waals surface area contributed by atoms with Gasteiger partial charge in [0.15, 0.2) is 11.5 Å². The number of halogens is 2. The number of hydrogen-bond donors (Lipinski definition) is 2. The van der Waals surface area contributed by atoms with Gasteiger partial charge in [0.2, 0.25) is 0 Å². The third-order valence-electron chi connectivity index (χ3n) is 3.33. The van der Waals surface area contributed by atoms with E-state index in [0.29, 0.717) is 23.6 Å². The van der Waals surface area contributed by atoms with Gasteiger partial charge in [-0.1, -0.05) is 18.2 Å². The zero-order chi connectivity index (χ0) is 16.7. The van der Waals surface area contributed by atoms with E-state index in [9.17, 15) is 4.39 Å². The van der Waals surface area contributed by atoms with Gasteiger partial charge in [-0.3, -0.25) is 0 Å². The highest BCUT2D eigenvalue weighted by Gasteiger charge is 2.13. The highest BCUT2D eigenvalue weighted by atomic mass is 79.9. The van der Waals surface area contributed by atoms with Crippen molar-refractivity contribution in [3.8, 4) is 11.5 Å². The second-order valence-electron chi connectivity index (χ2n) is 4.99. The maximum Gasteiger partial charge on any atom is 0.175 e. The van der Waals surface area contributed by atoms with Gasteiger partial charge in [-0.25, -0.2) is 4.39 Å². The Morgan fingerprint density at radius 2 is 2.04 bits per heavy atom. The van der Waals surface area contributed by atoms with Gasteiger partial charge in [-0.2, -0.15) is 0 Å². The highest BCUT2D eigenvalue weighted by molar-refractivity contribution is 9.10. The first-order chi connectivity index (χ1) is 11.2. The monoisotopic (exact) mass is 384 g/mol. The summed E-state index contributed by atoms with van der Waals surface area (Å²) in [6.45, 7) is 1.63. The van der Waals surface area contributed by atoms with Gasteiger partial charge < -0.3 is 19.9 Å². The van der Waals surface area contributed by atoms with Gasteiger partial charge in [0.25, 0.3) is 0 Å². The van der Waals surface area contributed by atoms with Crippen molar-refractivity contribution < 1.29 is 24.3 Å². The standard InChI is InChI=1S/C17H19BrFNO3/c1-22-16-9-12(10-20-6-7-21)8-14(18)17(16)23-11-13-4-2-3-5-15(13)19/h2-5,8-9,20-21H,6-7,10-11H2,1H3/p+1. The molecular formula is C17H20BrFNO3+. The van der Waals surface area contributed by atoms with E-state index < -0.39 is 0 Å². The van der Waals surface area contributed by atoms with Crippen LogP contribution in [0.5, 0.6) is 11.5 Å². The van der Waals surface area contributed by atoms with E-state index in [-0.39, 0.29) is 19.0 Å². The molecule has 0 saturated heterocycles. The Kier molecular flexibility index (Phi) is 6.83. The van der Waals surface area contributed by atoms with E-state index in [1.807, 2.05) is 17.4 Å². The molecule has 124 valence electrons. The Morgan fingerprint density at radius 1 is 1.26 bits per heavy atom. The Balaban J connectivity index is 2.13. The van der Waals surface area contributed by atoms with Gasteiger partial charge >= 0.3 is 0 Å². The van der Waals surface area contributed by atoms with Crippen LogP contribution in [-0.2, 0) is 13.2 Å². The third-order valence-corrected chi connectivity index (χ3v) is 3.92. The maximum absolute atomic E-state index is 13.7. The molecule has 6 heteroatoms. The van der Waals surface area contributed by atoms with Crippen molar-refractivity contribution in [3.63, 3.8) is 0 Å². The second-order valence-corrected chi connectivity index (χ2v) is 5.85. The molecule has 2 rings (SSSR count). The van der Waals surface area contributed by atoms with Crippen molar-refractivity contribution in [1.29, 1.82) is 0 Å². The SMILES string of the molecule is COc1cc(C[NH2+]CCO)cc(Br)c1OCc1ccccc1F. The van der Waals surface area contributed by atoms with Crippen LogP contribution in [0.15, 0.2) is 40.9 Å². The molecule has 0 radical (unpaired) electrons. The summed E-state index contributed by atoms with van der Waals surface area (Å²) in [4.78, 5) is 0. The van der Waals surface area contributed by atoms with Crippen LogP contribution in [0.3, 0.4) is 0 Å². The highest BCUT2D eigenvalue weighted by Crippen LogP contribution is 2.37. The Hall–Kier alpha value is -1.63. The number of benzene rings is 2. The first kappa shape index (κ1) is 17.7. The lowest BCUT2D eigenvalue weighted by molar-refractivity contribution is -0.671. The van der Waals surface area contributed by atoms with Crippen LogP contribution in [0.25, 0.3) is 0 Å². The van der Waals surface area contributed by atoms with E-state index >= 15 is 0 Å². The molecule has 2 aromatic rings. The first-order valence-corrected chi connectivity index (χ1v) is 8.10. The predicted molar refractivity (Wildman–Crippen MR) is 89.0 cm³/mol. The fourth-order valence-electron chi connectivity index (χ4n) is 2.16. The number of aliphatic hydroxyl groups excluding tert-OH is 1. The lowest BCUT2D eigenvalue weighted by atomic mass is 10.2. The Labute approximate surface area is 143 Å². The van der Waals surface area contributed by atoms with Gasteiger partial charge in [-0.05, 0) is 34.1 Å². The van der Waals surface area contributed by atoms with Gasteiger partial charge in [-0.15, -0.1) is 0 Å². The molecule has 0 unspecified atom stereocenters. The van der Waals surface area contributed by atoms with Crippen molar-refractivity contribution in [3.05, 3.63) is 57.8 Å². The van der Waals surface area contributed by atoms with E-state index in [2.05, 4.69) is 15.9 Å². The average Bonchev–Trinajstić information content (AvgIpc) is 2.55. The molecule has 0 fully saturated rings. The first-order valence-electron chi connectivity index (χ1n) is 7.31. The smallest absolute Gasteiger partial charge is 0.175 e. The van der Waals surface area contributed by atoms with Crippen LogP contribution in [-0.4, -0.2) is 25.4 Å². The summed E-state index contributed by atoms with van der Waals surface area (Å²) in [7, 11) is 1.57. The third kappa shape index (κ3) is 4.92. The summed E-state index contributed by atoms with van der Waals surface area (Å²) >= 11 is 3.48. The van der Waals surface area contributed by atoms with Crippen LogP contribution < -0.4 is 14.8 Å². The maximum atomic E-state index is 13.7. The molecule has 0 aliphatic rings. The molecular weight excluding hydrogens is 365 g/mol. The molecule has 3 N–H and O–H groups in total. The minimum Gasteiger partial charge on any atom is -0.493 e. The van der Waals surface area contributed by atoms with E-state index in [1.165, 1.54) is 6.07 Å². The quantitative estimate of drug-likeness (QED) is 0.686. The minimum absolute atomic E-state index is 0.123. The molecule has 0 aromatic heterocycles. The molecule has 4 nitrogen and oxygen atoms in total. The topological polar surface area (TPSA) is 55.3 Å². The van der Waals surface area contributed by atoms with E-state index in [0.717, 1.165) is 16.6 Å². The number of ether oxygens (including phenoxy) is 2. The lowest BCUT2D eigenvalue weighted by Gasteiger charge is -2.14. The number of methoxy groups -OCH3 is 1. The minimum atomic E-state index is -0.294. The zero-order valence-corrected chi connectivity index (χ0v) is 14.5. The van der Waals surface area contributed by atoms with Gasteiger partial charge in [0.05, 0.1) is 24.7 Å². The van der Waals surface area contributed by atoms with Gasteiger partial charge in [0, 0.05) is 11.1 Å². The molecule has 0 saturated carbocycles. The molecule has 0 heterocycles. The van der Waals surface area contributed by atoms with Crippen LogP contribution in [0.1, 0.15) is 11.1 Å². The summed E-state index contributed by atoms with van der Waals surface area (Å²) in [5.74, 6) is 0.836. The van der Waals surface area contributed by atoms with Crippen LogP contribution in [0.4, 0.5) is 4.39 Å². The fraction of sp³-hybridized carbons (Fsp3) is 0.294. The largest absolute Gasteiger partial charge is 0.493 e. The van der Waals surface area contributed by atoms with Crippen molar-refractivity contribution >= 4 is 15.9 Å². The molecule has 0 bridgehead atoms. The number of quaternary nitrogens is 1. The summed E-state index contributed by atoms with van der Waals surface area (Å²) < 4.78 is 25.5. The number of aliphatic hydroxyl groups is 1. The van der Waals surface area contributed by atoms with E-state index in [1.54, 1.807) is 25.3 Å². The number of hydrogen-bond acceptors (Lipinski definition) is 3. The van der Waals surface area contributed by atoms with Crippen molar-refractivity contribution in [1.82, 2.24) is 0 Å². The molecule has 0 atom stereocenters. The normalized spacial score (nSPS) is 10.6. The molecule has 0 aliphatic heterocycles. The number of rotatable bonds is 8. The predicted octanol–water partition coefficient (Wildman–Crippen LogP) is 2.23. The summed E-state index contributed by atoms with van der Waals surface area (Å²) in [6, 6.07) is 10.3. The van der Waals surface area contributed by atoms with Gasteiger partial charge in [0.1, 0.15) is 19.0 Å².